The molecule has 0 bridgehead atoms. The maximum atomic E-state index is 3.73. The van der Waals surface area contributed by atoms with E-state index in [1.807, 2.05) is 0 Å². The summed E-state index contributed by atoms with van der Waals surface area (Å²) in [6.07, 6.45) is 1.18. The van der Waals surface area contributed by atoms with E-state index in [2.05, 4.69) is 91.7 Å². The summed E-state index contributed by atoms with van der Waals surface area (Å²) in [5.41, 5.74) is 0. The maximum Gasteiger partial charge on any atom is 0.0107 e. The Morgan fingerprint density at radius 2 is 1.38 bits per heavy atom. The van der Waals surface area contributed by atoms with E-state index in [4.69, 9.17) is 0 Å². The third-order valence-corrected chi connectivity index (χ3v) is 7.16. The second-order valence-electron chi connectivity index (χ2n) is 6.16. The lowest BCUT2D eigenvalue weighted by Crippen LogP contribution is -2.38. The highest BCUT2D eigenvalue weighted by atomic mass is 31.1. The van der Waals surface area contributed by atoms with Crippen LogP contribution in [0, 0.1) is 0 Å². The van der Waals surface area contributed by atoms with Gasteiger partial charge in [0.25, 0.3) is 0 Å². The largest absolute Gasteiger partial charge is 0.313 e. The topological polar surface area (TPSA) is 15.3 Å². The smallest absolute Gasteiger partial charge is 0.0107 e. The van der Waals surface area contributed by atoms with Crippen molar-refractivity contribution in [3.63, 3.8) is 0 Å². The van der Waals surface area contributed by atoms with Crippen molar-refractivity contribution in [3.8, 4) is 0 Å². The van der Waals surface area contributed by atoms with Crippen LogP contribution in [0.15, 0.2) is 60.7 Å². The summed E-state index contributed by atoms with van der Waals surface area (Å²) in [6.45, 7) is 11.2. The molecule has 0 fully saturated rings. The van der Waals surface area contributed by atoms with Gasteiger partial charge in [-0.2, -0.15) is 0 Å². The average molecular weight is 342 g/mol. The van der Waals surface area contributed by atoms with Crippen molar-refractivity contribution >= 4 is 18.5 Å². The number of nitrogens with one attached hydrogen (secondary N) is 1. The molecule has 2 aromatic rings. The van der Waals surface area contributed by atoms with Crippen LogP contribution < -0.4 is 15.9 Å². The van der Waals surface area contributed by atoms with Gasteiger partial charge in [0.15, 0.2) is 0 Å². The molecule has 24 heavy (non-hydrogen) atoms. The molecule has 1 N–H and O–H groups in total. The number of hydrogen-bond donors (Lipinski definition) is 1. The van der Waals surface area contributed by atoms with Gasteiger partial charge in [0, 0.05) is 19.1 Å². The molecular formula is C21H31N2P. The van der Waals surface area contributed by atoms with E-state index in [0.29, 0.717) is 6.04 Å². The first-order valence-corrected chi connectivity index (χ1v) is 10.6. The molecule has 130 valence electrons. The van der Waals surface area contributed by atoms with Crippen LogP contribution in [-0.2, 0) is 0 Å². The van der Waals surface area contributed by atoms with Crippen LogP contribution in [0.1, 0.15) is 20.8 Å². The molecule has 0 aromatic heterocycles. The molecule has 1 atom stereocenters. The molecule has 2 aromatic carbocycles. The second-order valence-corrected chi connectivity index (χ2v) is 8.42. The summed E-state index contributed by atoms with van der Waals surface area (Å²) in [4.78, 5) is 2.47. The lowest BCUT2D eigenvalue weighted by atomic mass is 10.3. The zero-order chi connectivity index (χ0) is 17.2. The molecule has 0 aliphatic carbocycles. The van der Waals surface area contributed by atoms with Gasteiger partial charge in [0.05, 0.1) is 0 Å². The van der Waals surface area contributed by atoms with Gasteiger partial charge >= 0.3 is 0 Å². The fraction of sp³-hybridized carbons (Fsp3) is 0.429. The van der Waals surface area contributed by atoms with Crippen LogP contribution in [0.2, 0.25) is 0 Å². The Morgan fingerprint density at radius 3 is 1.83 bits per heavy atom. The standard InChI is InChI=1S/C21H31N2P/c1-4-23(5-2)17-16-22-19(3)18-24(20-12-8-6-9-13-20)21-14-10-7-11-15-21/h6-15,19,22H,4-5,16-18H2,1-3H3. The van der Waals surface area contributed by atoms with E-state index < -0.39 is 0 Å². The fourth-order valence-electron chi connectivity index (χ4n) is 2.92. The lowest BCUT2D eigenvalue weighted by molar-refractivity contribution is 0.299. The van der Waals surface area contributed by atoms with Crippen molar-refractivity contribution in [2.24, 2.45) is 0 Å². The number of hydrogen-bond acceptors (Lipinski definition) is 2. The first-order chi connectivity index (χ1) is 11.7. The van der Waals surface area contributed by atoms with Gasteiger partial charge in [-0.15, -0.1) is 0 Å². The fourth-order valence-corrected chi connectivity index (χ4v) is 5.38. The van der Waals surface area contributed by atoms with Gasteiger partial charge in [-0.1, -0.05) is 74.5 Å². The van der Waals surface area contributed by atoms with Gasteiger partial charge < -0.3 is 10.2 Å². The van der Waals surface area contributed by atoms with Crippen LogP contribution in [0.3, 0.4) is 0 Å². The quantitative estimate of drug-likeness (QED) is 0.666. The summed E-state index contributed by atoms with van der Waals surface area (Å²) in [5.74, 6) is 0. The van der Waals surface area contributed by atoms with Gasteiger partial charge in [-0.05, 0) is 44.7 Å². The Morgan fingerprint density at radius 1 is 0.875 bits per heavy atom. The Balaban J connectivity index is 1.98. The third kappa shape index (κ3) is 6.02. The molecule has 2 nitrogen and oxygen atoms in total. The second kappa shape index (κ2) is 10.6. The van der Waals surface area contributed by atoms with E-state index in [9.17, 15) is 0 Å². The van der Waals surface area contributed by atoms with Crippen molar-refractivity contribution in [3.05, 3.63) is 60.7 Å². The molecule has 0 saturated carbocycles. The van der Waals surface area contributed by atoms with E-state index in [-0.39, 0.29) is 7.92 Å². The molecular weight excluding hydrogens is 311 g/mol. The molecule has 0 radical (unpaired) electrons. The summed E-state index contributed by atoms with van der Waals surface area (Å²) in [6, 6.07) is 22.5. The SMILES string of the molecule is CCN(CC)CCNC(C)CP(c1ccccc1)c1ccccc1. The molecule has 2 rings (SSSR count). The highest BCUT2D eigenvalue weighted by molar-refractivity contribution is 7.73. The van der Waals surface area contributed by atoms with Crippen LogP contribution in [0.5, 0.6) is 0 Å². The Labute approximate surface area is 149 Å². The van der Waals surface area contributed by atoms with Gasteiger partial charge in [-0.3, -0.25) is 0 Å². The molecule has 0 saturated heterocycles. The Kier molecular flexibility index (Phi) is 8.45. The predicted molar refractivity (Wildman–Crippen MR) is 109 cm³/mol. The van der Waals surface area contributed by atoms with Crippen molar-refractivity contribution in [1.29, 1.82) is 0 Å². The highest BCUT2D eigenvalue weighted by Gasteiger charge is 2.16. The van der Waals surface area contributed by atoms with Crippen LogP contribution in [-0.4, -0.2) is 43.3 Å². The van der Waals surface area contributed by atoms with Crippen molar-refractivity contribution in [2.45, 2.75) is 26.8 Å². The average Bonchev–Trinajstić information content (AvgIpc) is 2.65. The minimum atomic E-state index is -0.306. The minimum absolute atomic E-state index is 0.306. The number of nitrogens with zero attached hydrogens (tertiary/aromatic N) is 1. The molecule has 0 aliphatic heterocycles. The molecule has 3 heteroatoms. The van der Waals surface area contributed by atoms with Crippen molar-refractivity contribution < 1.29 is 0 Å². The van der Waals surface area contributed by atoms with E-state index >= 15 is 0 Å². The number of likely N-dealkylation sites (N-methyl/N-ethyl adjacent to an activating group) is 1. The van der Waals surface area contributed by atoms with Gasteiger partial charge in [0.2, 0.25) is 0 Å². The molecule has 0 aliphatic rings. The summed E-state index contributed by atoms with van der Waals surface area (Å²) in [5, 5.41) is 6.66. The summed E-state index contributed by atoms with van der Waals surface area (Å²) < 4.78 is 0. The van der Waals surface area contributed by atoms with Gasteiger partial charge in [-0.25, -0.2) is 0 Å². The number of benzene rings is 2. The highest BCUT2D eigenvalue weighted by Crippen LogP contribution is 2.33. The monoisotopic (exact) mass is 342 g/mol. The van der Waals surface area contributed by atoms with E-state index in [1.54, 1.807) is 0 Å². The first-order valence-electron chi connectivity index (χ1n) is 9.08. The van der Waals surface area contributed by atoms with Crippen molar-refractivity contribution in [1.82, 2.24) is 10.2 Å². The molecule has 0 spiro atoms. The van der Waals surface area contributed by atoms with Crippen LogP contribution in [0.25, 0.3) is 0 Å². The van der Waals surface area contributed by atoms with Crippen LogP contribution in [0.4, 0.5) is 0 Å². The summed E-state index contributed by atoms with van der Waals surface area (Å²) in [7, 11) is -0.306. The Hall–Kier alpha value is -1.21. The van der Waals surface area contributed by atoms with E-state index in [1.165, 1.54) is 16.8 Å². The predicted octanol–water partition coefficient (Wildman–Crippen LogP) is 3.44. The number of rotatable bonds is 10. The summed E-state index contributed by atoms with van der Waals surface area (Å²) >= 11 is 0. The third-order valence-electron chi connectivity index (χ3n) is 4.41. The lowest BCUT2D eigenvalue weighted by Gasteiger charge is -2.25. The molecule has 1 unspecified atom stereocenters. The van der Waals surface area contributed by atoms with E-state index in [0.717, 1.165) is 26.2 Å². The van der Waals surface area contributed by atoms with Gasteiger partial charge in [0.1, 0.15) is 0 Å². The van der Waals surface area contributed by atoms with Crippen molar-refractivity contribution in [2.75, 3.05) is 32.3 Å². The maximum absolute atomic E-state index is 3.73. The van der Waals surface area contributed by atoms with Crippen LogP contribution >= 0.6 is 7.92 Å². The zero-order valence-corrected chi connectivity index (χ0v) is 16.2. The first kappa shape index (κ1) is 19.1. The normalized spacial score (nSPS) is 12.7. The Bertz CT molecular complexity index is 515. The molecule has 0 amide bonds. The zero-order valence-electron chi connectivity index (χ0n) is 15.3. The minimum Gasteiger partial charge on any atom is -0.313 e. The molecule has 0 heterocycles.